The summed E-state index contributed by atoms with van der Waals surface area (Å²) in [7, 11) is 0. The first kappa shape index (κ1) is 13.4. The average molecular weight is 231 g/mol. The van der Waals surface area contributed by atoms with Crippen LogP contribution in [0.15, 0.2) is 35.9 Å². The fraction of sp³-hybridized carbons (Fsp3) is 0.429. The Bertz CT molecular complexity index is 439. The summed E-state index contributed by atoms with van der Waals surface area (Å²) in [4.78, 5) is 0. The van der Waals surface area contributed by atoms with Crippen LogP contribution in [-0.4, -0.2) is 15.4 Å². The molecule has 17 heavy (non-hydrogen) atoms. The topological polar surface area (TPSA) is 41.6 Å². The Morgan fingerprint density at radius 3 is 2.12 bits per heavy atom. The summed E-state index contributed by atoms with van der Waals surface area (Å²) in [5.74, 6) is 0.718. The van der Waals surface area contributed by atoms with Crippen LogP contribution in [0.3, 0.4) is 0 Å². The number of rotatable bonds is 2. The van der Waals surface area contributed by atoms with E-state index in [0.717, 1.165) is 17.0 Å². The molecule has 1 heterocycles. The van der Waals surface area contributed by atoms with Gasteiger partial charge in [0, 0.05) is 0 Å². The number of allylic oxidation sites excluding steroid dienone is 2. The predicted octanol–water partition coefficient (Wildman–Crippen LogP) is 3.96. The van der Waals surface area contributed by atoms with Crippen LogP contribution in [-0.2, 0) is 0 Å². The summed E-state index contributed by atoms with van der Waals surface area (Å²) in [6, 6.07) is 7.70. The zero-order chi connectivity index (χ0) is 12.7. The van der Waals surface area contributed by atoms with E-state index < -0.39 is 0 Å². The number of para-hydroxylation sites is 2. The highest BCUT2D eigenvalue weighted by molar-refractivity contribution is 5.72. The second kappa shape index (κ2) is 6.84. The quantitative estimate of drug-likeness (QED) is 0.795. The van der Waals surface area contributed by atoms with Gasteiger partial charge in [-0.1, -0.05) is 44.6 Å². The summed E-state index contributed by atoms with van der Waals surface area (Å²) < 4.78 is 0. The normalized spacial score (nSPS) is 11.5. The summed E-state index contributed by atoms with van der Waals surface area (Å²) >= 11 is 0. The lowest BCUT2D eigenvalue weighted by Gasteiger charge is -1.97. The summed E-state index contributed by atoms with van der Waals surface area (Å²) in [5.41, 5.74) is 3.33. The number of H-pyrrole nitrogens is 1. The molecule has 92 valence electrons. The van der Waals surface area contributed by atoms with Crippen molar-refractivity contribution in [1.29, 1.82) is 0 Å². The van der Waals surface area contributed by atoms with Gasteiger partial charge in [0.05, 0.1) is 0 Å². The predicted molar refractivity (Wildman–Crippen MR) is 72.8 cm³/mol. The Kier molecular flexibility index (Phi) is 5.40. The van der Waals surface area contributed by atoms with Crippen molar-refractivity contribution >= 4 is 11.0 Å². The Labute approximate surface area is 103 Å². The molecule has 0 aliphatic carbocycles. The summed E-state index contributed by atoms with van der Waals surface area (Å²) in [5, 5.41) is 10.3. The third-order valence-corrected chi connectivity index (χ3v) is 2.40. The lowest BCUT2D eigenvalue weighted by atomic mass is 10.1. The minimum atomic E-state index is 0.718. The Morgan fingerprint density at radius 1 is 1.24 bits per heavy atom. The highest BCUT2D eigenvalue weighted by Crippen LogP contribution is 2.04. The molecule has 0 radical (unpaired) electrons. The van der Waals surface area contributed by atoms with Crippen molar-refractivity contribution in [3.8, 4) is 0 Å². The maximum absolute atomic E-state index is 3.88. The molecule has 2 rings (SSSR count). The van der Waals surface area contributed by atoms with Gasteiger partial charge in [0.2, 0.25) is 0 Å². The zero-order valence-electron chi connectivity index (χ0n) is 11.1. The Hall–Kier alpha value is -1.64. The van der Waals surface area contributed by atoms with Gasteiger partial charge >= 0.3 is 0 Å². The van der Waals surface area contributed by atoms with Crippen molar-refractivity contribution in [1.82, 2.24) is 15.4 Å². The number of hydrogen-bond donors (Lipinski definition) is 1. The van der Waals surface area contributed by atoms with Gasteiger partial charge in [-0.05, 0) is 31.4 Å². The summed E-state index contributed by atoms with van der Waals surface area (Å²) in [6.07, 6.45) is 3.50. The maximum atomic E-state index is 3.88. The number of aromatic nitrogens is 3. The van der Waals surface area contributed by atoms with Gasteiger partial charge in [0.15, 0.2) is 0 Å². The first-order valence-electron chi connectivity index (χ1n) is 6.06. The van der Waals surface area contributed by atoms with Gasteiger partial charge in [0.25, 0.3) is 0 Å². The third-order valence-electron chi connectivity index (χ3n) is 2.40. The minimum Gasteiger partial charge on any atom is -0.197 e. The number of aromatic amines is 1. The standard InChI is InChI=1S/C8H16.C6H5N3/c1-5-8(4)6-7(2)3;1-2-4-6-5(3-1)7-9-8-6/h6-7H,5H2,1-4H3;1-4H,(H,7,8,9). The lowest BCUT2D eigenvalue weighted by molar-refractivity contribution is 0.813. The molecule has 1 N–H and O–H groups in total. The van der Waals surface area contributed by atoms with Gasteiger partial charge in [-0.15, -0.1) is 0 Å². The van der Waals surface area contributed by atoms with Gasteiger partial charge in [-0.3, -0.25) is 0 Å². The highest BCUT2D eigenvalue weighted by atomic mass is 15.3. The van der Waals surface area contributed by atoms with E-state index in [1.807, 2.05) is 24.3 Å². The molecular weight excluding hydrogens is 210 g/mol. The lowest BCUT2D eigenvalue weighted by Crippen LogP contribution is -1.80. The molecule has 1 aromatic heterocycles. The van der Waals surface area contributed by atoms with Crippen LogP contribution < -0.4 is 0 Å². The van der Waals surface area contributed by atoms with E-state index in [0.29, 0.717) is 0 Å². The van der Waals surface area contributed by atoms with Gasteiger partial charge in [0.1, 0.15) is 11.0 Å². The number of hydrogen-bond acceptors (Lipinski definition) is 2. The van der Waals surface area contributed by atoms with E-state index >= 15 is 0 Å². The molecule has 1 aromatic carbocycles. The number of nitrogens with one attached hydrogen (secondary N) is 1. The van der Waals surface area contributed by atoms with Crippen LogP contribution >= 0.6 is 0 Å². The van der Waals surface area contributed by atoms with Crippen molar-refractivity contribution in [2.45, 2.75) is 34.1 Å². The van der Waals surface area contributed by atoms with Crippen LogP contribution in [0.1, 0.15) is 34.1 Å². The smallest absolute Gasteiger partial charge is 0.112 e. The van der Waals surface area contributed by atoms with Crippen molar-refractivity contribution in [3.63, 3.8) is 0 Å². The van der Waals surface area contributed by atoms with Gasteiger partial charge in [-0.2, -0.15) is 15.4 Å². The Morgan fingerprint density at radius 2 is 1.76 bits per heavy atom. The van der Waals surface area contributed by atoms with Gasteiger partial charge in [-0.25, -0.2) is 0 Å². The van der Waals surface area contributed by atoms with Gasteiger partial charge < -0.3 is 0 Å². The number of nitrogens with zero attached hydrogens (tertiary/aromatic N) is 2. The molecule has 0 saturated carbocycles. The van der Waals surface area contributed by atoms with Crippen molar-refractivity contribution in [3.05, 3.63) is 35.9 Å². The van der Waals surface area contributed by atoms with Crippen molar-refractivity contribution < 1.29 is 0 Å². The maximum Gasteiger partial charge on any atom is 0.112 e. The second-order valence-electron chi connectivity index (χ2n) is 4.42. The summed E-state index contributed by atoms with van der Waals surface area (Å²) in [6.45, 7) is 8.78. The van der Waals surface area contributed by atoms with Crippen molar-refractivity contribution in [2.24, 2.45) is 5.92 Å². The molecule has 0 aliphatic rings. The number of benzene rings is 1. The van der Waals surface area contributed by atoms with E-state index in [1.165, 1.54) is 12.0 Å². The molecule has 0 spiro atoms. The average Bonchev–Trinajstić information content (AvgIpc) is 2.76. The molecule has 0 fully saturated rings. The third kappa shape index (κ3) is 4.81. The Balaban J connectivity index is 0.000000172. The van der Waals surface area contributed by atoms with Crippen LogP contribution in [0.25, 0.3) is 11.0 Å². The molecule has 2 aromatic rings. The minimum absolute atomic E-state index is 0.718. The van der Waals surface area contributed by atoms with E-state index in [-0.39, 0.29) is 0 Å². The fourth-order valence-corrected chi connectivity index (χ4v) is 1.47. The zero-order valence-corrected chi connectivity index (χ0v) is 11.1. The van der Waals surface area contributed by atoms with Crippen molar-refractivity contribution in [2.75, 3.05) is 0 Å². The highest BCUT2D eigenvalue weighted by Gasteiger charge is 1.90. The van der Waals surface area contributed by atoms with Crippen LogP contribution in [0, 0.1) is 5.92 Å². The van der Waals surface area contributed by atoms with Crippen LogP contribution in [0.5, 0.6) is 0 Å². The molecule has 0 aliphatic heterocycles. The van der Waals surface area contributed by atoms with E-state index in [9.17, 15) is 0 Å². The first-order valence-corrected chi connectivity index (χ1v) is 6.06. The monoisotopic (exact) mass is 231 g/mol. The number of fused-ring (bicyclic) bond motifs is 1. The van der Waals surface area contributed by atoms with E-state index in [2.05, 4.69) is 49.2 Å². The largest absolute Gasteiger partial charge is 0.197 e. The molecule has 3 heteroatoms. The fourth-order valence-electron chi connectivity index (χ4n) is 1.47. The molecule has 3 nitrogen and oxygen atoms in total. The molecule has 0 unspecified atom stereocenters. The second-order valence-corrected chi connectivity index (χ2v) is 4.42. The van der Waals surface area contributed by atoms with Crippen LogP contribution in [0.4, 0.5) is 0 Å². The molecule has 0 atom stereocenters. The van der Waals surface area contributed by atoms with Crippen LogP contribution in [0.2, 0.25) is 0 Å². The van der Waals surface area contributed by atoms with E-state index in [4.69, 9.17) is 0 Å². The van der Waals surface area contributed by atoms with E-state index in [1.54, 1.807) is 0 Å². The SMILES string of the molecule is CCC(C)=CC(C)C.c1ccc2n[nH]nc2c1. The molecule has 0 bridgehead atoms. The molecular formula is C14H21N3. The molecule has 0 amide bonds. The first-order chi connectivity index (χ1) is 8.13. The molecule has 0 saturated heterocycles.